The zero-order valence-corrected chi connectivity index (χ0v) is 26.7. The van der Waals surface area contributed by atoms with Crippen LogP contribution in [0.5, 0.6) is 5.88 Å². The predicted octanol–water partition coefficient (Wildman–Crippen LogP) is 4.81. The Morgan fingerprint density at radius 2 is 1.93 bits per heavy atom. The van der Waals surface area contributed by atoms with Crippen LogP contribution < -0.4 is 14.5 Å². The van der Waals surface area contributed by atoms with Gasteiger partial charge in [0.1, 0.15) is 18.2 Å². The van der Waals surface area contributed by atoms with Crippen molar-refractivity contribution in [1.29, 1.82) is 10.5 Å². The molecule has 0 aliphatic carbocycles. The second-order valence-electron chi connectivity index (χ2n) is 13.2. The molecule has 9 heteroatoms. The zero-order chi connectivity index (χ0) is 31.9. The largest absolute Gasteiger partial charge is 0.475 e. The number of amides is 1. The Labute approximate surface area is 265 Å². The summed E-state index contributed by atoms with van der Waals surface area (Å²) in [7, 11) is 2.10. The quantitative estimate of drug-likeness (QED) is 0.355. The summed E-state index contributed by atoms with van der Waals surface area (Å²) in [5.74, 6) is 0.184. The molecule has 4 heterocycles. The minimum absolute atomic E-state index is 0.111. The van der Waals surface area contributed by atoms with Gasteiger partial charge >= 0.3 is 0 Å². The van der Waals surface area contributed by atoms with Gasteiger partial charge in [0, 0.05) is 55.4 Å². The lowest BCUT2D eigenvalue weighted by Crippen LogP contribution is -2.62. The van der Waals surface area contributed by atoms with Crippen molar-refractivity contribution in [2.75, 3.05) is 56.2 Å². The van der Waals surface area contributed by atoms with Crippen LogP contribution in [-0.4, -0.2) is 79.2 Å². The van der Waals surface area contributed by atoms with Crippen molar-refractivity contribution in [3.8, 4) is 18.0 Å². The molecule has 3 aliphatic rings. The predicted molar refractivity (Wildman–Crippen MR) is 176 cm³/mol. The van der Waals surface area contributed by atoms with Crippen LogP contribution in [0, 0.1) is 35.0 Å². The number of hydrogen-bond donors (Lipinski definition) is 0. The number of piperazine rings is 1. The lowest BCUT2D eigenvalue weighted by molar-refractivity contribution is -0.128. The SMILES string of the molecule is C=CC(=O)N1CCN(c2c(C#N)c(OCC3N(C)CC3(C)C)nc3c2CCN(c2cccc4cccc(C)c24)C3)C[C@@H]1CC#N. The Balaban J connectivity index is 1.41. The topological polar surface area (TPSA) is 99.7 Å². The lowest BCUT2D eigenvalue weighted by atomic mass is 9.76. The van der Waals surface area contributed by atoms with Gasteiger partial charge < -0.3 is 19.4 Å². The smallest absolute Gasteiger partial charge is 0.246 e. The second-order valence-corrected chi connectivity index (χ2v) is 13.2. The number of carbonyl (C=O) groups is 1. The highest BCUT2D eigenvalue weighted by Crippen LogP contribution is 2.41. The number of likely N-dealkylation sites (tertiary alicyclic amines) is 1. The molecule has 0 radical (unpaired) electrons. The van der Waals surface area contributed by atoms with Crippen LogP contribution in [0.3, 0.4) is 0 Å². The highest BCUT2D eigenvalue weighted by molar-refractivity contribution is 5.97. The zero-order valence-electron chi connectivity index (χ0n) is 26.7. The van der Waals surface area contributed by atoms with Crippen molar-refractivity contribution >= 4 is 28.1 Å². The average molecular weight is 604 g/mol. The number of fused-ring (bicyclic) bond motifs is 2. The normalized spacial score (nSPS) is 21.0. The Bertz CT molecular complexity index is 1730. The van der Waals surface area contributed by atoms with Gasteiger partial charge in [-0.25, -0.2) is 4.98 Å². The highest BCUT2D eigenvalue weighted by atomic mass is 16.5. The molecular formula is C36H41N7O2. The molecule has 2 saturated heterocycles. The number of ether oxygens (including phenoxy) is 1. The molecule has 2 atom stereocenters. The minimum atomic E-state index is -0.308. The minimum Gasteiger partial charge on any atom is -0.475 e. The number of benzene rings is 2. The number of nitriles is 2. The number of likely N-dealkylation sites (N-methyl/N-ethyl adjacent to an activating group) is 1. The first kappa shape index (κ1) is 30.4. The van der Waals surface area contributed by atoms with E-state index in [2.05, 4.69) is 97.6 Å². The second kappa shape index (κ2) is 12.1. The fraction of sp³-hybridized carbons (Fsp3) is 0.444. The van der Waals surface area contributed by atoms with Crippen molar-refractivity contribution in [2.24, 2.45) is 5.41 Å². The van der Waals surface area contributed by atoms with Crippen LogP contribution in [0.2, 0.25) is 0 Å². The molecule has 2 fully saturated rings. The molecule has 2 aromatic carbocycles. The Morgan fingerprint density at radius 3 is 2.62 bits per heavy atom. The number of pyridine rings is 1. The molecule has 9 nitrogen and oxygen atoms in total. The van der Waals surface area contributed by atoms with Crippen LogP contribution in [0.15, 0.2) is 49.1 Å². The molecule has 45 heavy (non-hydrogen) atoms. The third-order valence-corrected chi connectivity index (χ3v) is 9.89. The standard InChI is InChI=1S/C36H41N7O2/c1-6-32(44)43-18-17-42(20-26(43)13-15-37)34-27-14-16-41(30-12-8-11-25-10-7-9-24(2)33(25)30)21-29(27)39-35(28(34)19-38)45-22-31-36(3,4)23-40(31)5/h6-12,26,31H,1,13-14,16-18,20-23H2,2-5H3/t26-,31?/m0/s1. The van der Waals surface area contributed by atoms with E-state index >= 15 is 0 Å². The van der Waals surface area contributed by atoms with Crippen LogP contribution in [0.4, 0.5) is 11.4 Å². The van der Waals surface area contributed by atoms with E-state index in [0.717, 1.165) is 30.0 Å². The summed E-state index contributed by atoms with van der Waals surface area (Å²) in [6, 6.07) is 17.4. The van der Waals surface area contributed by atoms with Crippen molar-refractivity contribution < 1.29 is 9.53 Å². The van der Waals surface area contributed by atoms with Crippen LogP contribution in [0.25, 0.3) is 10.8 Å². The van der Waals surface area contributed by atoms with Gasteiger partial charge in [-0.15, -0.1) is 0 Å². The summed E-state index contributed by atoms with van der Waals surface area (Å²) in [5, 5.41) is 22.7. The number of aryl methyl sites for hydroxylation is 1. The van der Waals surface area contributed by atoms with E-state index in [0.29, 0.717) is 50.7 Å². The van der Waals surface area contributed by atoms with Crippen molar-refractivity contribution in [2.45, 2.75) is 52.2 Å². The number of carbonyl (C=O) groups excluding carboxylic acids is 1. The summed E-state index contributed by atoms with van der Waals surface area (Å²) < 4.78 is 6.47. The molecule has 0 N–H and O–H groups in total. The first-order valence-electron chi connectivity index (χ1n) is 15.7. The lowest BCUT2D eigenvalue weighted by Gasteiger charge is -2.52. The van der Waals surface area contributed by atoms with E-state index in [4.69, 9.17) is 9.72 Å². The number of rotatable bonds is 7. The van der Waals surface area contributed by atoms with Crippen LogP contribution >= 0.6 is 0 Å². The molecule has 3 aromatic rings. The Hall–Kier alpha value is -4.60. The van der Waals surface area contributed by atoms with Crippen LogP contribution in [-0.2, 0) is 17.8 Å². The molecular weight excluding hydrogens is 562 g/mol. The van der Waals surface area contributed by atoms with Gasteiger partial charge in [0.05, 0.1) is 36.5 Å². The Kier molecular flexibility index (Phi) is 8.16. The average Bonchev–Trinajstić information content (AvgIpc) is 3.03. The first-order chi connectivity index (χ1) is 21.7. The molecule has 232 valence electrons. The van der Waals surface area contributed by atoms with Crippen molar-refractivity contribution in [3.05, 3.63) is 71.4 Å². The molecule has 1 aromatic heterocycles. The third kappa shape index (κ3) is 5.47. The first-order valence-corrected chi connectivity index (χ1v) is 15.7. The van der Waals surface area contributed by atoms with E-state index in [9.17, 15) is 15.3 Å². The molecule has 0 bridgehead atoms. The maximum Gasteiger partial charge on any atom is 0.246 e. The van der Waals surface area contributed by atoms with Crippen LogP contribution in [0.1, 0.15) is 42.7 Å². The van der Waals surface area contributed by atoms with E-state index in [1.54, 1.807) is 4.90 Å². The summed E-state index contributed by atoms with van der Waals surface area (Å²) in [6.07, 6.45) is 2.22. The molecule has 3 aliphatic heterocycles. The molecule has 6 rings (SSSR count). The van der Waals surface area contributed by atoms with Gasteiger partial charge in [0.2, 0.25) is 11.8 Å². The van der Waals surface area contributed by atoms with Crippen molar-refractivity contribution in [3.63, 3.8) is 0 Å². The van der Waals surface area contributed by atoms with Gasteiger partial charge in [-0.2, -0.15) is 10.5 Å². The molecule has 1 unspecified atom stereocenters. The van der Waals surface area contributed by atoms with E-state index in [1.807, 2.05) is 0 Å². The summed E-state index contributed by atoms with van der Waals surface area (Å²) in [4.78, 5) is 26.3. The Morgan fingerprint density at radius 1 is 1.16 bits per heavy atom. The van der Waals surface area contributed by atoms with Gasteiger partial charge in [-0.1, -0.05) is 50.8 Å². The number of nitrogens with zero attached hydrogens (tertiary/aromatic N) is 7. The molecule has 1 amide bonds. The third-order valence-electron chi connectivity index (χ3n) is 9.89. The summed E-state index contributed by atoms with van der Waals surface area (Å²) in [5.41, 5.74) is 5.73. The van der Waals surface area contributed by atoms with E-state index in [-0.39, 0.29) is 29.8 Å². The maximum atomic E-state index is 12.6. The molecule has 0 spiro atoms. The fourth-order valence-electron chi connectivity index (χ4n) is 7.66. The van der Waals surface area contributed by atoms with Crippen molar-refractivity contribution in [1.82, 2.24) is 14.8 Å². The maximum absolute atomic E-state index is 12.6. The number of hydrogen-bond acceptors (Lipinski definition) is 8. The van der Waals surface area contributed by atoms with Gasteiger partial charge in [0.15, 0.2) is 0 Å². The number of aromatic nitrogens is 1. The highest BCUT2D eigenvalue weighted by Gasteiger charge is 2.44. The van der Waals surface area contributed by atoms with Gasteiger partial charge in [0.25, 0.3) is 0 Å². The number of anilines is 2. The molecule has 0 saturated carbocycles. The summed E-state index contributed by atoms with van der Waals surface area (Å²) in [6.45, 7) is 14.5. The van der Waals surface area contributed by atoms with E-state index in [1.165, 1.54) is 28.1 Å². The van der Waals surface area contributed by atoms with E-state index < -0.39 is 0 Å². The van der Waals surface area contributed by atoms with Gasteiger partial charge in [-0.3, -0.25) is 9.69 Å². The summed E-state index contributed by atoms with van der Waals surface area (Å²) >= 11 is 0. The monoisotopic (exact) mass is 603 g/mol. The fourth-order valence-corrected chi connectivity index (χ4v) is 7.66. The van der Waals surface area contributed by atoms with Gasteiger partial charge in [-0.05, 0) is 48.9 Å².